The van der Waals surface area contributed by atoms with E-state index in [9.17, 15) is 9.59 Å². The van der Waals surface area contributed by atoms with Gasteiger partial charge in [-0.25, -0.2) is 4.98 Å². The number of nitrogens with one attached hydrogen (secondary N) is 1. The van der Waals surface area contributed by atoms with Crippen LogP contribution in [0.2, 0.25) is 0 Å². The van der Waals surface area contributed by atoms with E-state index in [2.05, 4.69) is 10.3 Å². The zero-order valence-electron chi connectivity index (χ0n) is 12.7. The first-order valence-electron chi connectivity index (χ1n) is 7.19. The van der Waals surface area contributed by atoms with Gasteiger partial charge in [-0.05, 0) is 25.5 Å². The van der Waals surface area contributed by atoms with Crippen LogP contribution in [0.5, 0.6) is 0 Å². The van der Waals surface area contributed by atoms with Gasteiger partial charge in [0.05, 0.1) is 16.3 Å². The fourth-order valence-electron chi connectivity index (χ4n) is 1.94. The lowest BCUT2D eigenvalue weighted by Gasteiger charge is -2.09. The van der Waals surface area contributed by atoms with Gasteiger partial charge in [0.25, 0.3) is 5.91 Å². The Labute approximate surface area is 143 Å². The average molecular weight is 350 g/mol. The van der Waals surface area contributed by atoms with Gasteiger partial charge in [0, 0.05) is 29.0 Å². The van der Waals surface area contributed by atoms with Crippen LogP contribution in [0.3, 0.4) is 0 Å². The second kappa shape index (κ2) is 8.69. The van der Waals surface area contributed by atoms with Crippen LogP contribution >= 0.6 is 23.1 Å². The second-order valence-electron chi connectivity index (χ2n) is 4.90. The summed E-state index contributed by atoms with van der Waals surface area (Å²) in [5, 5.41) is 14.4. The van der Waals surface area contributed by atoms with Crippen molar-refractivity contribution in [2.24, 2.45) is 0 Å². The summed E-state index contributed by atoms with van der Waals surface area (Å²) in [5.74, 6) is -0.310. The first-order valence-corrected chi connectivity index (χ1v) is 9.05. The van der Waals surface area contributed by atoms with Crippen molar-refractivity contribution in [1.29, 1.82) is 0 Å². The van der Waals surface area contributed by atoms with Crippen LogP contribution in [0, 0.1) is 6.92 Å². The topological polar surface area (TPSA) is 79.3 Å². The van der Waals surface area contributed by atoms with Gasteiger partial charge >= 0.3 is 5.97 Å². The number of aliphatic carboxylic acids is 1. The van der Waals surface area contributed by atoms with Crippen LogP contribution in [-0.2, 0) is 10.5 Å². The van der Waals surface area contributed by atoms with Gasteiger partial charge in [0.1, 0.15) is 0 Å². The molecule has 0 bridgehead atoms. The molecule has 1 aromatic heterocycles. The first kappa shape index (κ1) is 17.5. The number of carbonyl (C=O) groups is 2. The van der Waals surface area contributed by atoms with E-state index < -0.39 is 5.97 Å². The van der Waals surface area contributed by atoms with Crippen molar-refractivity contribution in [3.63, 3.8) is 0 Å². The van der Waals surface area contributed by atoms with E-state index in [-0.39, 0.29) is 12.3 Å². The molecule has 23 heavy (non-hydrogen) atoms. The summed E-state index contributed by atoms with van der Waals surface area (Å²) >= 11 is 3.19. The number of rotatable bonds is 8. The van der Waals surface area contributed by atoms with Crippen molar-refractivity contribution in [3.05, 3.63) is 45.9 Å². The Morgan fingerprint density at radius 3 is 2.83 bits per heavy atom. The molecule has 1 amide bonds. The molecule has 7 heteroatoms. The zero-order chi connectivity index (χ0) is 16.7. The van der Waals surface area contributed by atoms with Crippen LogP contribution in [0.1, 0.15) is 33.9 Å². The minimum Gasteiger partial charge on any atom is -0.481 e. The van der Waals surface area contributed by atoms with E-state index in [1.165, 1.54) is 0 Å². The second-order valence-corrected chi connectivity index (χ2v) is 6.98. The molecule has 1 aromatic carbocycles. The molecule has 0 spiro atoms. The van der Waals surface area contributed by atoms with Crippen LogP contribution in [0.15, 0.2) is 34.5 Å². The van der Waals surface area contributed by atoms with Crippen molar-refractivity contribution < 1.29 is 14.7 Å². The quantitative estimate of drug-likeness (QED) is 0.564. The molecular weight excluding hydrogens is 332 g/mol. The Morgan fingerprint density at radius 2 is 2.13 bits per heavy atom. The first-order chi connectivity index (χ1) is 11.1. The lowest BCUT2D eigenvalue weighted by molar-refractivity contribution is -0.137. The summed E-state index contributed by atoms with van der Waals surface area (Å²) in [4.78, 5) is 28.0. The van der Waals surface area contributed by atoms with E-state index >= 15 is 0 Å². The molecule has 5 nitrogen and oxygen atoms in total. The lowest BCUT2D eigenvalue weighted by atomic mass is 10.2. The number of hydrogen-bond donors (Lipinski definition) is 2. The lowest BCUT2D eigenvalue weighted by Crippen LogP contribution is -2.25. The number of nitrogens with zero attached hydrogens (tertiary/aromatic N) is 1. The van der Waals surface area contributed by atoms with Gasteiger partial charge in [0.2, 0.25) is 0 Å². The molecule has 0 aliphatic rings. The zero-order valence-corrected chi connectivity index (χ0v) is 14.4. The number of amides is 1. The van der Waals surface area contributed by atoms with Gasteiger partial charge in [0.15, 0.2) is 0 Å². The number of aromatic nitrogens is 1. The van der Waals surface area contributed by atoms with E-state index in [0.29, 0.717) is 24.3 Å². The molecule has 0 atom stereocenters. The molecule has 0 saturated carbocycles. The summed E-state index contributed by atoms with van der Waals surface area (Å²) in [5.41, 5.74) is 1.62. The molecular formula is C16H18N2O3S2. The SMILES string of the molecule is Cc1nc(CSc2ccccc2C(=O)NCCCC(=O)O)cs1. The van der Waals surface area contributed by atoms with Crippen LogP contribution in [-0.4, -0.2) is 28.5 Å². The summed E-state index contributed by atoms with van der Waals surface area (Å²) < 4.78 is 0. The van der Waals surface area contributed by atoms with E-state index in [1.807, 2.05) is 30.5 Å². The Hall–Kier alpha value is -1.86. The Balaban J connectivity index is 1.93. The van der Waals surface area contributed by atoms with Gasteiger partial charge in [-0.3, -0.25) is 9.59 Å². The number of thioether (sulfide) groups is 1. The molecule has 0 radical (unpaired) electrons. The van der Waals surface area contributed by atoms with Crippen molar-refractivity contribution in [1.82, 2.24) is 10.3 Å². The van der Waals surface area contributed by atoms with Gasteiger partial charge in [-0.1, -0.05) is 12.1 Å². The van der Waals surface area contributed by atoms with Crippen molar-refractivity contribution in [3.8, 4) is 0 Å². The summed E-state index contributed by atoms with van der Waals surface area (Å²) in [6, 6.07) is 7.41. The molecule has 2 aromatic rings. The molecule has 0 aliphatic heterocycles. The number of thiazole rings is 1. The highest BCUT2D eigenvalue weighted by Crippen LogP contribution is 2.26. The smallest absolute Gasteiger partial charge is 0.303 e. The number of carbonyl (C=O) groups excluding carboxylic acids is 1. The predicted molar refractivity (Wildman–Crippen MR) is 92.1 cm³/mol. The van der Waals surface area contributed by atoms with E-state index in [1.54, 1.807) is 29.2 Å². The Kier molecular flexibility index (Phi) is 6.61. The van der Waals surface area contributed by atoms with Crippen molar-refractivity contribution in [2.45, 2.75) is 30.4 Å². The van der Waals surface area contributed by atoms with Gasteiger partial charge < -0.3 is 10.4 Å². The molecule has 0 aliphatic carbocycles. The van der Waals surface area contributed by atoms with Gasteiger partial charge in [-0.2, -0.15) is 0 Å². The molecule has 122 valence electrons. The standard InChI is InChI=1S/C16H18N2O3S2/c1-11-18-12(9-22-11)10-23-14-6-3-2-5-13(14)16(21)17-8-4-7-15(19)20/h2-3,5-6,9H,4,7-8,10H2,1H3,(H,17,21)(H,19,20). The van der Waals surface area contributed by atoms with Crippen molar-refractivity contribution in [2.75, 3.05) is 6.54 Å². The maximum atomic E-state index is 12.2. The van der Waals surface area contributed by atoms with Crippen molar-refractivity contribution >= 4 is 35.0 Å². The third kappa shape index (κ3) is 5.69. The maximum Gasteiger partial charge on any atom is 0.303 e. The minimum atomic E-state index is -0.853. The number of aryl methyl sites for hydroxylation is 1. The monoisotopic (exact) mass is 350 g/mol. The molecule has 0 fully saturated rings. The number of carboxylic acid groups (broad SMARTS) is 1. The predicted octanol–water partition coefficient (Wildman–Crippen LogP) is 3.34. The third-order valence-electron chi connectivity index (χ3n) is 3.03. The summed E-state index contributed by atoms with van der Waals surface area (Å²) in [7, 11) is 0. The fraction of sp³-hybridized carbons (Fsp3) is 0.312. The molecule has 0 unspecified atom stereocenters. The van der Waals surface area contributed by atoms with E-state index in [4.69, 9.17) is 5.11 Å². The maximum absolute atomic E-state index is 12.2. The molecule has 2 N–H and O–H groups in total. The molecule has 2 rings (SSSR count). The van der Waals surface area contributed by atoms with Crippen LogP contribution in [0.4, 0.5) is 0 Å². The number of hydrogen-bond acceptors (Lipinski definition) is 5. The Morgan fingerprint density at radius 1 is 1.35 bits per heavy atom. The number of benzene rings is 1. The number of carboxylic acids is 1. The average Bonchev–Trinajstić information content (AvgIpc) is 2.95. The van der Waals surface area contributed by atoms with Crippen LogP contribution < -0.4 is 5.32 Å². The summed E-state index contributed by atoms with van der Waals surface area (Å²) in [6.45, 7) is 2.33. The summed E-state index contributed by atoms with van der Waals surface area (Å²) in [6.07, 6.45) is 0.480. The normalized spacial score (nSPS) is 10.5. The van der Waals surface area contributed by atoms with Gasteiger partial charge in [-0.15, -0.1) is 23.1 Å². The highest BCUT2D eigenvalue weighted by atomic mass is 32.2. The van der Waals surface area contributed by atoms with Crippen LogP contribution in [0.25, 0.3) is 0 Å². The van der Waals surface area contributed by atoms with E-state index in [0.717, 1.165) is 15.6 Å². The highest BCUT2D eigenvalue weighted by molar-refractivity contribution is 7.98. The Bertz CT molecular complexity index is 685. The highest BCUT2D eigenvalue weighted by Gasteiger charge is 2.11. The largest absolute Gasteiger partial charge is 0.481 e. The third-order valence-corrected chi connectivity index (χ3v) is 4.96. The molecule has 0 saturated heterocycles. The fourth-order valence-corrected chi connectivity index (χ4v) is 3.60. The molecule has 1 heterocycles. The minimum absolute atomic E-state index is 0.0554.